The van der Waals surface area contributed by atoms with Crippen LogP contribution in [0.3, 0.4) is 0 Å². The summed E-state index contributed by atoms with van der Waals surface area (Å²) in [5.41, 5.74) is 0. The first-order valence-electron chi connectivity index (χ1n) is 8.56. The van der Waals surface area contributed by atoms with E-state index in [-0.39, 0.29) is 17.0 Å². The molecule has 1 saturated heterocycles. The van der Waals surface area contributed by atoms with Crippen LogP contribution >= 0.6 is 11.8 Å². The highest BCUT2D eigenvalue weighted by molar-refractivity contribution is 8.00. The maximum Gasteiger partial charge on any atom is 0.241 e. The second kappa shape index (κ2) is 8.42. The summed E-state index contributed by atoms with van der Waals surface area (Å²) in [6.45, 7) is 12.0. The van der Waals surface area contributed by atoms with Gasteiger partial charge in [0.1, 0.15) is 0 Å². The summed E-state index contributed by atoms with van der Waals surface area (Å²) in [5, 5.41) is 3.59. The van der Waals surface area contributed by atoms with Crippen LogP contribution in [-0.2, 0) is 4.79 Å². The van der Waals surface area contributed by atoms with E-state index in [0.29, 0.717) is 11.8 Å². The second-order valence-corrected chi connectivity index (χ2v) is 7.88. The van der Waals surface area contributed by atoms with Crippen molar-refractivity contribution in [2.24, 2.45) is 5.92 Å². The molecular weight excluding hydrogens is 280 g/mol. The Morgan fingerprint density at radius 2 is 1.90 bits per heavy atom. The fraction of sp³-hybridized carbons (Fsp3) is 0.941. The quantitative estimate of drug-likeness (QED) is 0.701. The van der Waals surface area contributed by atoms with Crippen molar-refractivity contribution in [3.05, 3.63) is 0 Å². The molecule has 0 aliphatic carbocycles. The largest absolute Gasteiger partial charge is 0.324 e. The number of nitrogens with zero attached hydrogens (tertiary/aromatic N) is 1. The lowest BCUT2D eigenvalue weighted by molar-refractivity contribution is -0.131. The van der Waals surface area contributed by atoms with Gasteiger partial charge in [-0.25, -0.2) is 0 Å². The molecule has 1 aliphatic heterocycles. The van der Waals surface area contributed by atoms with Crippen molar-refractivity contribution in [3.63, 3.8) is 0 Å². The zero-order valence-electron chi connectivity index (χ0n) is 14.7. The summed E-state index contributed by atoms with van der Waals surface area (Å²) in [7, 11) is 0. The molecule has 0 aromatic rings. The molecule has 0 saturated carbocycles. The van der Waals surface area contributed by atoms with Crippen LogP contribution in [-0.4, -0.2) is 40.6 Å². The van der Waals surface area contributed by atoms with E-state index in [9.17, 15) is 4.79 Å². The molecule has 0 bridgehead atoms. The van der Waals surface area contributed by atoms with Gasteiger partial charge in [-0.2, -0.15) is 11.8 Å². The predicted octanol–water partition coefficient (Wildman–Crippen LogP) is 3.88. The molecule has 0 spiro atoms. The van der Waals surface area contributed by atoms with E-state index in [4.69, 9.17) is 0 Å². The average molecular weight is 315 g/mol. The predicted molar refractivity (Wildman–Crippen MR) is 93.6 cm³/mol. The first-order chi connectivity index (χ1) is 9.94. The summed E-state index contributed by atoms with van der Waals surface area (Å²) >= 11 is 1.92. The molecule has 1 heterocycles. The van der Waals surface area contributed by atoms with Gasteiger partial charge in [-0.3, -0.25) is 10.1 Å². The molecule has 1 amide bonds. The Morgan fingerprint density at radius 1 is 1.29 bits per heavy atom. The fourth-order valence-corrected chi connectivity index (χ4v) is 4.03. The maximum atomic E-state index is 12.8. The smallest absolute Gasteiger partial charge is 0.241 e. The van der Waals surface area contributed by atoms with Crippen LogP contribution in [0.1, 0.15) is 66.7 Å². The summed E-state index contributed by atoms with van der Waals surface area (Å²) < 4.78 is 0.199. The number of amides is 1. The SMILES string of the molecule is CCCCC1NC(C(C)C)N(CC(CC)(CC)SC)C1=O. The lowest BCUT2D eigenvalue weighted by atomic mass is 10.00. The number of nitrogens with one attached hydrogen (secondary N) is 1. The number of hydrogen-bond acceptors (Lipinski definition) is 3. The highest BCUT2D eigenvalue weighted by atomic mass is 32.2. The molecular formula is C17H34N2OS. The number of carbonyl (C=O) groups is 1. The van der Waals surface area contributed by atoms with Crippen molar-refractivity contribution < 1.29 is 4.79 Å². The van der Waals surface area contributed by atoms with E-state index >= 15 is 0 Å². The van der Waals surface area contributed by atoms with Crippen LogP contribution in [0.4, 0.5) is 0 Å². The Kier molecular flexibility index (Phi) is 7.55. The molecule has 1 aliphatic rings. The molecule has 3 nitrogen and oxygen atoms in total. The standard InChI is InChI=1S/C17H34N2OS/c1-7-10-11-14-16(20)19(15(18-14)13(4)5)12-17(8-2,9-3)21-6/h13-15,18H,7-12H2,1-6H3. The maximum absolute atomic E-state index is 12.8. The monoisotopic (exact) mass is 314 g/mol. The van der Waals surface area contributed by atoms with Gasteiger partial charge in [-0.15, -0.1) is 0 Å². The number of hydrogen-bond donors (Lipinski definition) is 1. The molecule has 4 heteroatoms. The number of unbranched alkanes of at least 4 members (excludes halogenated alkanes) is 1. The molecule has 1 fully saturated rings. The molecule has 124 valence electrons. The van der Waals surface area contributed by atoms with Crippen molar-refractivity contribution in [2.45, 2.75) is 83.7 Å². The third kappa shape index (κ3) is 4.38. The summed E-state index contributed by atoms with van der Waals surface area (Å²) in [6, 6.07) is 0.0330. The molecule has 0 radical (unpaired) electrons. The summed E-state index contributed by atoms with van der Waals surface area (Å²) in [4.78, 5) is 14.9. The van der Waals surface area contributed by atoms with Gasteiger partial charge >= 0.3 is 0 Å². The second-order valence-electron chi connectivity index (χ2n) is 6.61. The summed E-state index contributed by atoms with van der Waals surface area (Å²) in [6.07, 6.45) is 7.84. The topological polar surface area (TPSA) is 32.3 Å². The van der Waals surface area contributed by atoms with Crippen LogP contribution < -0.4 is 5.32 Å². The van der Waals surface area contributed by atoms with E-state index in [1.165, 1.54) is 0 Å². The normalized spacial score (nSPS) is 23.4. The minimum Gasteiger partial charge on any atom is -0.324 e. The molecule has 2 unspecified atom stereocenters. The number of carbonyl (C=O) groups excluding carboxylic acids is 1. The van der Waals surface area contributed by atoms with Crippen LogP contribution in [0.25, 0.3) is 0 Å². The zero-order valence-corrected chi connectivity index (χ0v) is 15.6. The van der Waals surface area contributed by atoms with Gasteiger partial charge in [0, 0.05) is 11.3 Å². The van der Waals surface area contributed by atoms with E-state index in [1.807, 2.05) is 11.8 Å². The van der Waals surface area contributed by atoms with E-state index in [2.05, 4.69) is 51.1 Å². The Labute approximate surface area is 135 Å². The summed E-state index contributed by atoms with van der Waals surface area (Å²) in [5.74, 6) is 0.774. The number of rotatable bonds is 9. The van der Waals surface area contributed by atoms with Crippen LogP contribution in [0.15, 0.2) is 0 Å². The van der Waals surface area contributed by atoms with Gasteiger partial charge in [-0.05, 0) is 31.4 Å². The van der Waals surface area contributed by atoms with Gasteiger partial charge in [0.15, 0.2) is 0 Å². The molecule has 0 aromatic heterocycles. The van der Waals surface area contributed by atoms with Gasteiger partial charge in [-0.1, -0.05) is 47.5 Å². The lowest BCUT2D eigenvalue weighted by Crippen LogP contribution is -2.48. The Hall–Kier alpha value is -0.220. The van der Waals surface area contributed by atoms with E-state index < -0.39 is 0 Å². The Bertz CT molecular complexity index is 320. The van der Waals surface area contributed by atoms with Crippen molar-refractivity contribution >= 4 is 17.7 Å². The molecule has 2 atom stereocenters. The van der Waals surface area contributed by atoms with E-state index in [1.54, 1.807) is 0 Å². The van der Waals surface area contributed by atoms with Crippen molar-refractivity contribution in [1.29, 1.82) is 0 Å². The molecule has 1 N–H and O–H groups in total. The average Bonchev–Trinajstić information content (AvgIpc) is 2.79. The van der Waals surface area contributed by atoms with Gasteiger partial charge < -0.3 is 4.90 Å². The van der Waals surface area contributed by atoms with E-state index in [0.717, 1.165) is 38.6 Å². The molecule has 0 aromatic carbocycles. The van der Waals surface area contributed by atoms with Crippen LogP contribution in [0.5, 0.6) is 0 Å². The molecule has 21 heavy (non-hydrogen) atoms. The third-order valence-corrected chi connectivity index (χ3v) is 6.52. The minimum atomic E-state index is 0.0330. The zero-order chi connectivity index (χ0) is 16.0. The van der Waals surface area contributed by atoms with Crippen LogP contribution in [0, 0.1) is 5.92 Å². The van der Waals surface area contributed by atoms with Crippen molar-refractivity contribution in [3.8, 4) is 0 Å². The fourth-order valence-electron chi connectivity index (χ4n) is 3.19. The van der Waals surface area contributed by atoms with Crippen molar-refractivity contribution in [2.75, 3.05) is 12.8 Å². The highest BCUT2D eigenvalue weighted by Gasteiger charge is 2.43. The number of thioether (sulfide) groups is 1. The Balaban J connectivity index is 2.87. The van der Waals surface area contributed by atoms with Gasteiger partial charge in [0.25, 0.3) is 0 Å². The highest BCUT2D eigenvalue weighted by Crippen LogP contribution is 2.34. The van der Waals surface area contributed by atoms with Gasteiger partial charge in [0.2, 0.25) is 5.91 Å². The lowest BCUT2D eigenvalue weighted by Gasteiger charge is -2.37. The first kappa shape index (κ1) is 18.8. The third-order valence-electron chi connectivity index (χ3n) is 4.95. The Morgan fingerprint density at radius 3 is 2.33 bits per heavy atom. The molecule has 1 rings (SSSR count). The minimum absolute atomic E-state index is 0.0330. The first-order valence-corrected chi connectivity index (χ1v) is 9.78. The van der Waals surface area contributed by atoms with Gasteiger partial charge in [0.05, 0.1) is 12.2 Å². The van der Waals surface area contributed by atoms with Crippen LogP contribution in [0.2, 0.25) is 0 Å². The van der Waals surface area contributed by atoms with Crippen molar-refractivity contribution in [1.82, 2.24) is 10.2 Å².